The van der Waals surface area contributed by atoms with E-state index in [1.165, 1.54) is 12.3 Å². The van der Waals surface area contributed by atoms with Crippen molar-refractivity contribution >= 4 is 34.4 Å². The van der Waals surface area contributed by atoms with Gasteiger partial charge in [0.05, 0.1) is 16.7 Å². The number of carbonyl (C=O) groups excluding carboxylic acids is 1. The molecule has 0 aliphatic rings. The third kappa shape index (κ3) is 2.97. The van der Waals surface area contributed by atoms with Crippen molar-refractivity contribution < 1.29 is 9.32 Å². The molecule has 8 heteroatoms. The van der Waals surface area contributed by atoms with Crippen molar-refractivity contribution in [1.82, 2.24) is 20.1 Å². The molecule has 3 aromatic heterocycles. The molecule has 0 aliphatic carbocycles. The molecule has 124 valence electrons. The van der Waals surface area contributed by atoms with E-state index in [1.54, 1.807) is 24.4 Å². The topological polar surface area (TPSA) is 96.7 Å². The van der Waals surface area contributed by atoms with Gasteiger partial charge >= 0.3 is 0 Å². The van der Waals surface area contributed by atoms with Gasteiger partial charge in [-0.1, -0.05) is 16.8 Å². The van der Waals surface area contributed by atoms with Crippen LogP contribution < -0.4 is 5.32 Å². The fraction of sp³-hybridized carbons (Fsp3) is 0.0588. The highest BCUT2D eigenvalue weighted by atomic mass is 35.5. The van der Waals surface area contributed by atoms with E-state index in [0.29, 0.717) is 27.7 Å². The van der Waals surface area contributed by atoms with Crippen molar-refractivity contribution in [3.8, 4) is 11.4 Å². The summed E-state index contributed by atoms with van der Waals surface area (Å²) in [6.07, 6.45) is 3.16. The first-order valence-electron chi connectivity index (χ1n) is 7.44. The highest BCUT2D eigenvalue weighted by molar-refractivity contribution is 6.33. The van der Waals surface area contributed by atoms with Crippen molar-refractivity contribution in [3.63, 3.8) is 0 Å². The zero-order chi connectivity index (χ0) is 17.4. The Kier molecular flexibility index (Phi) is 3.70. The Bertz CT molecular complexity index is 1070. The lowest BCUT2D eigenvalue weighted by molar-refractivity contribution is 0.0988. The first kappa shape index (κ1) is 15.3. The Morgan fingerprint density at radius 2 is 2.16 bits per heavy atom. The van der Waals surface area contributed by atoms with Gasteiger partial charge in [0.25, 0.3) is 5.91 Å². The second kappa shape index (κ2) is 6.03. The molecule has 2 N–H and O–H groups in total. The van der Waals surface area contributed by atoms with Crippen LogP contribution in [0.2, 0.25) is 5.02 Å². The summed E-state index contributed by atoms with van der Waals surface area (Å²) in [6, 6.07) is 8.58. The van der Waals surface area contributed by atoms with E-state index < -0.39 is 5.91 Å². The average molecular weight is 354 g/mol. The minimum Gasteiger partial charge on any atom is -0.351 e. The van der Waals surface area contributed by atoms with Crippen molar-refractivity contribution in [1.29, 1.82) is 0 Å². The molecular weight excluding hydrogens is 342 g/mol. The summed E-state index contributed by atoms with van der Waals surface area (Å²) in [6.45, 7) is 1.96. The van der Waals surface area contributed by atoms with Crippen molar-refractivity contribution in [2.45, 2.75) is 6.92 Å². The van der Waals surface area contributed by atoms with Crippen LogP contribution >= 0.6 is 11.6 Å². The largest absolute Gasteiger partial charge is 0.351 e. The number of nitrogens with zero attached hydrogens (tertiary/aromatic N) is 3. The van der Waals surface area contributed by atoms with E-state index in [-0.39, 0.29) is 5.76 Å². The lowest BCUT2D eigenvalue weighted by Gasteiger charge is -2.06. The summed E-state index contributed by atoms with van der Waals surface area (Å²) >= 11 is 6.30. The normalized spacial score (nSPS) is 11.0. The molecule has 0 saturated carbocycles. The Hall–Kier alpha value is -3.19. The minimum absolute atomic E-state index is 0.125. The maximum atomic E-state index is 12.1. The molecule has 1 amide bonds. The number of H-pyrrole nitrogens is 1. The van der Waals surface area contributed by atoms with Crippen LogP contribution in [-0.4, -0.2) is 26.0 Å². The van der Waals surface area contributed by atoms with Gasteiger partial charge in [-0.3, -0.25) is 4.79 Å². The number of fused-ring (bicyclic) bond motifs is 1. The quantitative estimate of drug-likeness (QED) is 0.583. The number of imidazole rings is 1. The van der Waals surface area contributed by atoms with E-state index in [4.69, 9.17) is 16.1 Å². The van der Waals surface area contributed by atoms with Crippen LogP contribution in [-0.2, 0) is 0 Å². The molecule has 0 atom stereocenters. The summed E-state index contributed by atoms with van der Waals surface area (Å²) in [5.74, 6) is 0.307. The van der Waals surface area contributed by atoms with Crippen molar-refractivity contribution in [2.24, 2.45) is 0 Å². The summed E-state index contributed by atoms with van der Waals surface area (Å²) in [5.41, 5.74) is 3.68. The fourth-order valence-corrected chi connectivity index (χ4v) is 2.65. The summed E-state index contributed by atoms with van der Waals surface area (Å²) in [5, 5.41) is 6.76. The number of aromatic amines is 1. The van der Waals surface area contributed by atoms with Gasteiger partial charge in [-0.15, -0.1) is 0 Å². The van der Waals surface area contributed by atoms with E-state index in [0.717, 1.165) is 11.1 Å². The standard InChI is InChI=1S/C17H12ClN5O2/c1-9-6-13-16(19-8-9)23-15(22-13)11-7-10(2-3-12(11)18)21-17(24)14-4-5-20-25-14/h2-8H,1H3,(H,21,24)(H,19,22,23). The van der Waals surface area contributed by atoms with Crippen molar-refractivity contribution in [3.05, 3.63) is 59.1 Å². The lowest BCUT2D eigenvalue weighted by atomic mass is 10.2. The van der Waals surface area contributed by atoms with E-state index in [9.17, 15) is 4.79 Å². The van der Waals surface area contributed by atoms with Gasteiger partial charge in [0.15, 0.2) is 5.65 Å². The van der Waals surface area contributed by atoms with E-state index >= 15 is 0 Å². The molecule has 0 saturated heterocycles. The SMILES string of the molecule is Cc1cnc2nc(-c3cc(NC(=O)c4ccno4)ccc3Cl)[nH]c2c1. The Balaban J connectivity index is 1.70. The summed E-state index contributed by atoms with van der Waals surface area (Å²) < 4.78 is 4.84. The molecule has 4 rings (SSSR count). The maximum absolute atomic E-state index is 12.1. The van der Waals surface area contributed by atoms with Crippen molar-refractivity contribution in [2.75, 3.05) is 5.32 Å². The molecule has 0 unspecified atom stereocenters. The number of aryl methyl sites for hydroxylation is 1. The number of carbonyl (C=O) groups is 1. The van der Waals surface area contributed by atoms with Crippen LogP contribution in [0.3, 0.4) is 0 Å². The molecule has 4 aromatic rings. The number of benzene rings is 1. The van der Waals surface area contributed by atoms with Crippen LogP contribution in [0, 0.1) is 6.92 Å². The Labute approximate surface area is 147 Å². The van der Waals surface area contributed by atoms with Crippen LogP contribution in [0.4, 0.5) is 5.69 Å². The van der Waals surface area contributed by atoms with Crippen LogP contribution in [0.15, 0.2) is 47.2 Å². The van der Waals surface area contributed by atoms with Gasteiger partial charge in [-0.25, -0.2) is 9.97 Å². The molecule has 0 fully saturated rings. The van der Waals surface area contributed by atoms with Crippen LogP contribution in [0.5, 0.6) is 0 Å². The molecule has 7 nitrogen and oxygen atoms in total. The van der Waals surface area contributed by atoms with Gasteiger partial charge in [0, 0.05) is 23.5 Å². The number of pyridine rings is 1. The van der Waals surface area contributed by atoms with Crippen LogP contribution in [0.1, 0.15) is 16.1 Å². The van der Waals surface area contributed by atoms with Crippen LogP contribution in [0.25, 0.3) is 22.6 Å². The molecule has 0 radical (unpaired) electrons. The molecule has 0 aliphatic heterocycles. The number of anilines is 1. The minimum atomic E-state index is -0.396. The predicted octanol–water partition coefficient (Wildman–Crippen LogP) is 3.83. The van der Waals surface area contributed by atoms with E-state index in [1.807, 2.05) is 13.0 Å². The highest BCUT2D eigenvalue weighted by Crippen LogP contribution is 2.30. The molecule has 0 bridgehead atoms. The third-order valence-electron chi connectivity index (χ3n) is 3.62. The fourth-order valence-electron chi connectivity index (χ4n) is 2.44. The summed E-state index contributed by atoms with van der Waals surface area (Å²) in [7, 11) is 0. The van der Waals surface area contributed by atoms with Gasteiger partial charge < -0.3 is 14.8 Å². The number of aromatic nitrogens is 4. The van der Waals surface area contributed by atoms with E-state index in [2.05, 4.69) is 25.4 Å². The lowest BCUT2D eigenvalue weighted by Crippen LogP contribution is -2.10. The third-order valence-corrected chi connectivity index (χ3v) is 3.94. The van der Waals surface area contributed by atoms with Gasteiger partial charge in [0.2, 0.25) is 5.76 Å². The number of rotatable bonds is 3. The Morgan fingerprint density at radius 3 is 2.96 bits per heavy atom. The monoisotopic (exact) mass is 353 g/mol. The zero-order valence-corrected chi connectivity index (χ0v) is 13.8. The molecule has 1 aromatic carbocycles. The molecule has 0 spiro atoms. The summed E-state index contributed by atoms with van der Waals surface area (Å²) in [4.78, 5) is 24.0. The highest BCUT2D eigenvalue weighted by Gasteiger charge is 2.14. The number of amides is 1. The average Bonchev–Trinajstić information content (AvgIpc) is 3.25. The smallest absolute Gasteiger partial charge is 0.294 e. The Morgan fingerprint density at radius 1 is 1.28 bits per heavy atom. The second-order valence-corrected chi connectivity index (χ2v) is 5.90. The molecule has 25 heavy (non-hydrogen) atoms. The molecular formula is C17H12ClN5O2. The molecule has 3 heterocycles. The number of nitrogens with one attached hydrogen (secondary N) is 2. The number of hydrogen-bond donors (Lipinski definition) is 2. The predicted molar refractivity (Wildman–Crippen MR) is 93.5 cm³/mol. The van der Waals surface area contributed by atoms with Gasteiger partial charge in [0.1, 0.15) is 5.82 Å². The van der Waals surface area contributed by atoms with Gasteiger partial charge in [-0.05, 0) is 36.8 Å². The number of halogens is 1. The zero-order valence-electron chi connectivity index (χ0n) is 13.1. The van der Waals surface area contributed by atoms with Gasteiger partial charge in [-0.2, -0.15) is 0 Å². The second-order valence-electron chi connectivity index (χ2n) is 5.49. The first-order valence-corrected chi connectivity index (χ1v) is 7.82. The number of hydrogen-bond acceptors (Lipinski definition) is 5. The first-order chi connectivity index (χ1) is 12.1. The maximum Gasteiger partial charge on any atom is 0.294 e.